The lowest BCUT2D eigenvalue weighted by Gasteiger charge is -2.10. The van der Waals surface area contributed by atoms with Crippen molar-refractivity contribution in [2.75, 3.05) is 12.4 Å². The molecule has 1 aromatic heterocycles. The topological polar surface area (TPSA) is 51.5 Å². The van der Waals surface area contributed by atoms with Crippen molar-refractivity contribution in [2.24, 2.45) is 0 Å². The van der Waals surface area contributed by atoms with E-state index in [9.17, 15) is 4.79 Å². The number of allylic oxidation sites excluding steroid dienone is 1. The van der Waals surface area contributed by atoms with Crippen LogP contribution in [0.25, 0.3) is 16.5 Å². The fourth-order valence-electron chi connectivity index (χ4n) is 3.00. The van der Waals surface area contributed by atoms with Gasteiger partial charge in [0.2, 0.25) is 5.91 Å². The summed E-state index contributed by atoms with van der Waals surface area (Å²) >= 11 is 0. The number of rotatable bonds is 4. The third-order valence-electron chi connectivity index (χ3n) is 4.67. The Morgan fingerprint density at radius 1 is 1.15 bits per heavy atom. The van der Waals surface area contributed by atoms with Gasteiger partial charge in [0.05, 0.1) is 7.11 Å². The number of furan rings is 1. The molecule has 1 heterocycles. The summed E-state index contributed by atoms with van der Waals surface area (Å²) in [5.41, 5.74) is 5.43. The van der Waals surface area contributed by atoms with Crippen molar-refractivity contribution in [3.05, 3.63) is 64.9 Å². The third kappa shape index (κ3) is 3.36. The second-order valence-electron chi connectivity index (χ2n) is 6.46. The maximum atomic E-state index is 12.4. The molecule has 0 atom stereocenters. The summed E-state index contributed by atoms with van der Waals surface area (Å²) in [4.78, 5) is 12.4. The number of hydrogen-bond acceptors (Lipinski definition) is 3. The zero-order chi connectivity index (χ0) is 18.8. The highest BCUT2D eigenvalue weighted by Gasteiger charge is 2.14. The molecule has 3 rings (SSSR count). The van der Waals surface area contributed by atoms with E-state index < -0.39 is 0 Å². The average Bonchev–Trinajstić information content (AvgIpc) is 2.89. The Labute approximate surface area is 153 Å². The van der Waals surface area contributed by atoms with E-state index in [0.717, 1.165) is 44.7 Å². The van der Waals surface area contributed by atoms with E-state index in [1.54, 1.807) is 13.2 Å². The van der Waals surface area contributed by atoms with E-state index >= 15 is 0 Å². The van der Waals surface area contributed by atoms with Crippen LogP contribution in [0.3, 0.4) is 0 Å². The molecular formula is C22H23NO3. The number of benzene rings is 2. The first-order chi connectivity index (χ1) is 12.4. The highest BCUT2D eigenvalue weighted by molar-refractivity contribution is 6.05. The number of amides is 1. The van der Waals surface area contributed by atoms with E-state index in [4.69, 9.17) is 9.15 Å². The number of fused-ring (bicyclic) bond motifs is 1. The largest absolute Gasteiger partial charge is 0.496 e. The lowest BCUT2D eigenvalue weighted by Crippen LogP contribution is -2.09. The number of hydrogen-bond donors (Lipinski definition) is 1. The quantitative estimate of drug-likeness (QED) is 0.641. The molecule has 0 radical (unpaired) electrons. The minimum Gasteiger partial charge on any atom is -0.496 e. The van der Waals surface area contributed by atoms with E-state index in [1.165, 1.54) is 0 Å². The van der Waals surface area contributed by atoms with Crippen LogP contribution in [-0.4, -0.2) is 13.0 Å². The van der Waals surface area contributed by atoms with Crippen molar-refractivity contribution in [3.63, 3.8) is 0 Å². The molecule has 0 aliphatic rings. The Morgan fingerprint density at radius 2 is 1.88 bits per heavy atom. The SMILES string of the molecule is COc1cc2oc(C)c(C)c2cc1/C(C)=C/C(=O)Nc1ccccc1C. The minimum absolute atomic E-state index is 0.168. The standard InChI is InChI=1S/C22H23NO3/c1-13-8-6-7-9-19(13)23-22(24)10-14(2)17-11-18-15(3)16(4)26-21(18)12-20(17)25-5/h6-12H,1-5H3,(H,23,24)/b14-10+. The molecule has 26 heavy (non-hydrogen) atoms. The Bertz CT molecular complexity index is 1010. The molecule has 1 N–H and O–H groups in total. The molecular weight excluding hydrogens is 326 g/mol. The van der Waals surface area contributed by atoms with Crippen LogP contribution in [0.5, 0.6) is 5.75 Å². The van der Waals surface area contributed by atoms with E-state index in [1.807, 2.05) is 64.1 Å². The number of ether oxygens (including phenoxy) is 1. The molecule has 0 saturated heterocycles. The summed E-state index contributed by atoms with van der Waals surface area (Å²) < 4.78 is 11.3. The number of anilines is 1. The van der Waals surface area contributed by atoms with Crippen LogP contribution in [-0.2, 0) is 4.79 Å². The zero-order valence-corrected chi connectivity index (χ0v) is 15.8. The highest BCUT2D eigenvalue weighted by atomic mass is 16.5. The third-order valence-corrected chi connectivity index (χ3v) is 4.67. The maximum Gasteiger partial charge on any atom is 0.248 e. The lowest BCUT2D eigenvalue weighted by molar-refractivity contribution is -0.111. The van der Waals surface area contributed by atoms with Gasteiger partial charge in [-0.1, -0.05) is 18.2 Å². The number of methoxy groups -OCH3 is 1. The smallest absolute Gasteiger partial charge is 0.248 e. The van der Waals surface area contributed by atoms with E-state index in [0.29, 0.717) is 5.75 Å². The molecule has 0 aliphatic heterocycles. The van der Waals surface area contributed by atoms with E-state index in [2.05, 4.69) is 5.32 Å². The first kappa shape index (κ1) is 17.8. The van der Waals surface area contributed by atoms with Crippen LogP contribution < -0.4 is 10.1 Å². The predicted octanol–water partition coefficient (Wildman–Crippen LogP) is 5.41. The monoisotopic (exact) mass is 349 g/mol. The number of nitrogens with one attached hydrogen (secondary N) is 1. The molecule has 4 heteroatoms. The van der Waals surface area contributed by atoms with Crippen molar-refractivity contribution in [1.29, 1.82) is 0 Å². The number of carbonyl (C=O) groups is 1. The van der Waals surface area contributed by atoms with Gasteiger partial charge in [-0.25, -0.2) is 0 Å². The van der Waals surface area contributed by atoms with Gasteiger partial charge < -0.3 is 14.5 Å². The van der Waals surface area contributed by atoms with Gasteiger partial charge in [-0.2, -0.15) is 0 Å². The maximum absolute atomic E-state index is 12.4. The molecule has 134 valence electrons. The van der Waals surface area contributed by atoms with Gasteiger partial charge in [0, 0.05) is 28.8 Å². The van der Waals surface area contributed by atoms with Crippen molar-refractivity contribution < 1.29 is 13.9 Å². The summed E-state index contributed by atoms with van der Waals surface area (Å²) in [6, 6.07) is 11.6. The fraction of sp³-hybridized carbons (Fsp3) is 0.227. The van der Waals surface area contributed by atoms with E-state index in [-0.39, 0.29) is 5.91 Å². The first-order valence-electron chi connectivity index (χ1n) is 8.53. The molecule has 2 aromatic carbocycles. The van der Waals surface area contributed by atoms with Crippen molar-refractivity contribution in [1.82, 2.24) is 0 Å². The van der Waals surface area contributed by atoms with Crippen molar-refractivity contribution in [2.45, 2.75) is 27.7 Å². The van der Waals surface area contributed by atoms with Crippen LogP contribution in [0.15, 0.2) is 46.9 Å². The number of para-hydroxylation sites is 1. The number of aryl methyl sites for hydroxylation is 3. The molecule has 0 spiro atoms. The minimum atomic E-state index is -0.168. The van der Waals surface area contributed by atoms with Gasteiger partial charge in [0.15, 0.2) is 0 Å². The van der Waals surface area contributed by atoms with Crippen LogP contribution in [0.4, 0.5) is 5.69 Å². The first-order valence-corrected chi connectivity index (χ1v) is 8.53. The zero-order valence-electron chi connectivity index (χ0n) is 15.8. The lowest BCUT2D eigenvalue weighted by atomic mass is 10.0. The molecule has 0 aliphatic carbocycles. The summed E-state index contributed by atoms with van der Waals surface area (Å²) in [6.07, 6.45) is 1.60. The van der Waals surface area contributed by atoms with Crippen molar-refractivity contribution >= 4 is 28.1 Å². The fourth-order valence-corrected chi connectivity index (χ4v) is 3.00. The highest BCUT2D eigenvalue weighted by Crippen LogP contribution is 2.34. The van der Waals surface area contributed by atoms with Crippen LogP contribution in [0.2, 0.25) is 0 Å². The second kappa shape index (κ2) is 7.08. The summed E-state index contributed by atoms with van der Waals surface area (Å²) in [5, 5.41) is 3.96. The average molecular weight is 349 g/mol. The predicted molar refractivity (Wildman–Crippen MR) is 106 cm³/mol. The molecule has 0 unspecified atom stereocenters. The number of carbonyl (C=O) groups excluding carboxylic acids is 1. The van der Waals surface area contributed by atoms with Crippen LogP contribution in [0, 0.1) is 20.8 Å². The van der Waals surface area contributed by atoms with Gasteiger partial charge in [-0.05, 0) is 56.5 Å². The van der Waals surface area contributed by atoms with Crippen LogP contribution >= 0.6 is 0 Å². The van der Waals surface area contributed by atoms with Gasteiger partial charge >= 0.3 is 0 Å². The Balaban J connectivity index is 1.96. The Morgan fingerprint density at radius 3 is 2.58 bits per heavy atom. The van der Waals surface area contributed by atoms with Gasteiger partial charge in [-0.15, -0.1) is 0 Å². The summed E-state index contributed by atoms with van der Waals surface area (Å²) in [5.74, 6) is 1.40. The molecule has 0 bridgehead atoms. The Kier molecular flexibility index (Phi) is 4.85. The molecule has 0 fully saturated rings. The Hall–Kier alpha value is -3.01. The van der Waals surface area contributed by atoms with Gasteiger partial charge in [-0.3, -0.25) is 4.79 Å². The second-order valence-corrected chi connectivity index (χ2v) is 6.46. The van der Waals surface area contributed by atoms with Crippen molar-refractivity contribution in [3.8, 4) is 5.75 Å². The molecule has 3 aromatic rings. The molecule has 1 amide bonds. The molecule has 0 saturated carbocycles. The van der Waals surface area contributed by atoms with Gasteiger partial charge in [0.25, 0.3) is 0 Å². The van der Waals surface area contributed by atoms with Gasteiger partial charge in [0.1, 0.15) is 17.1 Å². The summed E-state index contributed by atoms with van der Waals surface area (Å²) in [6.45, 7) is 7.84. The van der Waals surface area contributed by atoms with Crippen LogP contribution in [0.1, 0.15) is 29.4 Å². The normalized spacial score (nSPS) is 11.7. The molecule has 4 nitrogen and oxygen atoms in total. The summed E-state index contributed by atoms with van der Waals surface area (Å²) in [7, 11) is 1.62.